The highest BCUT2D eigenvalue weighted by molar-refractivity contribution is 7.80. The van der Waals surface area contributed by atoms with E-state index in [0.29, 0.717) is 16.4 Å². The molecule has 1 N–H and O–H groups in total. The van der Waals surface area contributed by atoms with Crippen LogP contribution in [0.3, 0.4) is 0 Å². The number of thiophene rings is 1. The number of hydrogen-bond donors (Lipinski definition) is 1. The summed E-state index contributed by atoms with van der Waals surface area (Å²) in [5.41, 5.74) is 1.28. The van der Waals surface area contributed by atoms with Gasteiger partial charge in [-0.1, -0.05) is 6.07 Å². The predicted octanol–water partition coefficient (Wildman–Crippen LogP) is 3.64. The van der Waals surface area contributed by atoms with Crippen LogP contribution < -0.4 is 10.1 Å². The van der Waals surface area contributed by atoms with E-state index in [0.717, 1.165) is 15.4 Å². The normalized spacial score (nSPS) is 10.0. The molecule has 1 heterocycles. The Hall–Kier alpha value is -1.92. The SMILES string of the molecule is COC(=S)c1cc(NC(=O)c2cccc(OC)c2)c(C)s1. The Bertz CT molecular complexity index is 679. The molecule has 0 saturated heterocycles. The molecule has 110 valence electrons. The van der Waals surface area contributed by atoms with Gasteiger partial charge in [0.25, 0.3) is 5.91 Å². The van der Waals surface area contributed by atoms with Gasteiger partial charge in [-0.2, -0.15) is 0 Å². The molecule has 0 saturated carbocycles. The van der Waals surface area contributed by atoms with Crippen LogP contribution in [0.2, 0.25) is 0 Å². The fraction of sp³-hybridized carbons (Fsp3) is 0.200. The van der Waals surface area contributed by atoms with E-state index in [4.69, 9.17) is 21.7 Å². The monoisotopic (exact) mass is 321 g/mol. The summed E-state index contributed by atoms with van der Waals surface area (Å²) in [7, 11) is 3.10. The first-order chi connectivity index (χ1) is 10.0. The Morgan fingerprint density at radius 3 is 2.71 bits per heavy atom. The third-order valence-corrected chi connectivity index (χ3v) is 4.45. The molecule has 21 heavy (non-hydrogen) atoms. The maximum absolute atomic E-state index is 12.3. The van der Waals surface area contributed by atoms with E-state index in [2.05, 4.69) is 5.32 Å². The molecule has 0 unspecified atom stereocenters. The Kier molecular flexibility index (Phi) is 4.93. The van der Waals surface area contributed by atoms with Crippen LogP contribution in [0.5, 0.6) is 5.75 Å². The van der Waals surface area contributed by atoms with Gasteiger partial charge in [0.2, 0.25) is 5.05 Å². The van der Waals surface area contributed by atoms with Crippen molar-refractivity contribution in [1.82, 2.24) is 0 Å². The lowest BCUT2D eigenvalue weighted by molar-refractivity contribution is 0.102. The molecule has 0 radical (unpaired) electrons. The molecule has 0 aliphatic carbocycles. The number of methoxy groups -OCH3 is 2. The molecule has 0 atom stereocenters. The average Bonchev–Trinajstić information content (AvgIpc) is 2.87. The number of hydrogen-bond acceptors (Lipinski definition) is 5. The van der Waals surface area contributed by atoms with Gasteiger partial charge in [0.1, 0.15) is 5.75 Å². The number of anilines is 1. The van der Waals surface area contributed by atoms with E-state index in [1.54, 1.807) is 31.4 Å². The third kappa shape index (κ3) is 3.59. The lowest BCUT2D eigenvalue weighted by Gasteiger charge is -2.06. The van der Waals surface area contributed by atoms with Gasteiger partial charge in [-0.05, 0) is 43.4 Å². The minimum atomic E-state index is -0.190. The van der Waals surface area contributed by atoms with Crippen molar-refractivity contribution in [2.24, 2.45) is 0 Å². The van der Waals surface area contributed by atoms with E-state index in [1.165, 1.54) is 18.4 Å². The Balaban J connectivity index is 2.19. The van der Waals surface area contributed by atoms with Gasteiger partial charge in [0.15, 0.2) is 0 Å². The summed E-state index contributed by atoms with van der Waals surface area (Å²) in [6.07, 6.45) is 0. The highest BCUT2D eigenvalue weighted by Gasteiger charge is 2.13. The van der Waals surface area contributed by atoms with Crippen LogP contribution in [-0.2, 0) is 4.74 Å². The second-order valence-corrected chi connectivity index (χ2v) is 5.89. The van der Waals surface area contributed by atoms with Crippen molar-refractivity contribution >= 4 is 40.2 Å². The molecular formula is C15H15NO3S2. The first-order valence-corrected chi connectivity index (χ1v) is 7.41. The van der Waals surface area contributed by atoms with Crippen LogP contribution >= 0.6 is 23.6 Å². The Morgan fingerprint density at radius 2 is 2.05 bits per heavy atom. The highest BCUT2D eigenvalue weighted by atomic mass is 32.1. The van der Waals surface area contributed by atoms with E-state index in [-0.39, 0.29) is 5.91 Å². The Morgan fingerprint density at radius 1 is 1.29 bits per heavy atom. The van der Waals surface area contributed by atoms with Gasteiger partial charge in [-0.15, -0.1) is 11.3 Å². The fourth-order valence-corrected chi connectivity index (χ4v) is 2.84. The molecule has 0 spiro atoms. The fourth-order valence-electron chi connectivity index (χ4n) is 1.77. The quantitative estimate of drug-likeness (QED) is 0.874. The zero-order valence-corrected chi connectivity index (χ0v) is 13.6. The molecule has 0 aliphatic heterocycles. The molecule has 0 fully saturated rings. The summed E-state index contributed by atoms with van der Waals surface area (Å²) in [5.74, 6) is 0.454. The summed E-state index contributed by atoms with van der Waals surface area (Å²) in [6, 6.07) is 8.82. The summed E-state index contributed by atoms with van der Waals surface area (Å²) >= 11 is 6.58. The number of amides is 1. The summed E-state index contributed by atoms with van der Waals surface area (Å²) in [4.78, 5) is 14.1. The van der Waals surface area contributed by atoms with Gasteiger partial charge in [0.05, 0.1) is 24.8 Å². The molecule has 1 amide bonds. The minimum Gasteiger partial charge on any atom is -0.497 e. The van der Waals surface area contributed by atoms with Gasteiger partial charge in [-0.3, -0.25) is 4.79 Å². The van der Waals surface area contributed by atoms with E-state index in [1.807, 2.05) is 13.0 Å². The van der Waals surface area contributed by atoms with Crippen molar-refractivity contribution in [3.63, 3.8) is 0 Å². The van der Waals surface area contributed by atoms with Crippen LogP contribution in [0.4, 0.5) is 5.69 Å². The first kappa shape index (κ1) is 15.5. The van der Waals surface area contributed by atoms with Crippen LogP contribution in [0.25, 0.3) is 0 Å². The highest BCUT2D eigenvalue weighted by Crippen LogP contribution is 2.27. The number of thiocarbonyl (C=S) groups is 1. The molecule has 1 aromatic heterocycles. The number of rotatable bonds is 4. The first-order valence-electron chi connectivity index (χ1n) is 6.19. The number of benzene rings is 1. The van der Waals surface area contributed by atoms with Crippen LogP contribution in [0, 0.1) is 6.92 Å². The van der Waals surface area contributed by atoms with Gasteiger partial charge < -0.3 is 14.8 Å². The third-order valence-electron chi connectivity index (χ3n) is 2.88. The molecular weight excluding hydrogens is 306 g/mol. The number of carbonyl (C=O) groups excluding carboxylic acids is 1. The zero-order chi connectivity index (χ0) is 15.4. The molecule has 1 aromatic carbocycles. The number of ether oxygens (including phenoxy) is 2. The summed E-state index contributed by atoms with van der Waals surface area (Å²) < 4.78 is 10.2. The standard InChI is InChI=1S/C15H15NO3S2/c1-9-12(8-13(21-9)15(20)19-3)16-14(17)10-5-4-6-11(7-10)18-2/h4-8H,1-3H3,(H,16,17). The van der Waals surface area contributed by atoms with Crippen molar-refractivity contribution in [3.8, 4) is 5.75 Å². The van der Waals surface area contributed by atoms with E-state index in [9.17, 15) is 4.79 Å². The largest absolute Gasteiger partial charge is 0.497 e. The van der Waals surface area contributed by atoms with Crippen LogP contribution in [-0.4, -0.2) is 25.2 Å². The van der Waals surface area contributed by atoms with Crippen molar-refractivity contribution in [2.75, 3.05) is 19.5 Å². The predicted molar refractivity (Wildman–Crippen MR) is 88.7 cm³/mol. The second kappa shape index (κ2) is 6.69. The Labute approximate surface area is 132 Å². The van der Waals surface area contributed by atoms with Gasteiger partial charge in [-0.25, -0.2) is 0 Å². The lowest BCUT2D eigenvalue weighted by Crippen LogP contribution is -2.12. The summed E-state index contributed by atoms with van der Waals surface area (Å²) in [5, 5.41) is 3.30. The molecule has 4 nitrogen and oxygen atoms in total. The smallest absolute Gasteiger partial charge is 0.255 e. The zero-order valence-electron chi connectivity index (χ0n) is 11.9. The topological polar surface area (TPSA) is 47.6 Å². The maximum atomic E-state index is 12.3. The molecule has 6 heteroatoms. The number of carbonyl (C=O) groups is 1. The number of nitrogens with one attached hydrogen (secondary N) is 1. The molecule has 2 aromatic rings. The van der Waals surface area contributed by atoms with E-state index >= 15 is 0 Å². The lowest BCUT2D eigenvalue weighted by atomic mass is 10.2. The molecule has 2 rings (SSSR count). The van der Waals surface area contributed by atoms with Crippen LogP contribution in [0.15, 0.2) is 30.3 Å². The summed E-state index contributed by atoms with van der Waals surface area (Å²) in [6.45, 7) is 1.92. The van der Waals surface area contributed by atoms with Gasteiger partial charge in [0, 0.05) is 10.4 Å². The molecule has 0 bridgehead atoms. The van der Waals surface area contributed by atoms with Gasteiger partial charge >= 0.3 is 0 Å². The van der Waals surface area contributed by atoms with Crippen molar-refractivity contribution in [1.29, 1.82) is 0 Å². The average molecular weight is 321 g/mol. The minimum absolute atomic E-state index is 0.190. The molecule has 0 aliphatic rings. The van der Waals surface area contributed by atoms with E-state index < -0.39 is 0 Å². The van der Waals surface area contributed by atoms with Crippen molar-refractivity contribution in [3.05, 3.63) is 45.6 Å². The maximum Gasteiger partial charge on any atom is 0.255 e. The van der Waals surface area contributed by atoms with Crippen molar-refractivity contribution < 1.29 is 14.3 Å². The van der Waals surface area contributed by atoms with Crippen LogP contribution in [0.1, 0.15) is 20.1 Å². The van der Waals surface area contributed by atoms with Crippen molar-refractivity contribution in [2.45, 2.75) is 6.92 Å². The second-order valence-electron chi connectivity index (χ2n) is 4.26. The number of aryl methyl sites for hydroxylation is 1.